The van der Waals surface area contributed by atoms with Crippen LogP contribution in [0.3, 0.4) is 0 Å². The highest BCUT2D eigenvalue weighted by Crippen LogP contribution is 2.27. The molecule has 0 radical (unpaired) electrons. The molecule has 0 spiro atoms. The van der Waals surface area contributed by atoms with Gasteiger partial charge < -0.3 is 10.1 Å². The van der Waals surface area contributed by atoms with Gasteiger partial charge in [0.25, 0.3) is 5.91 Å². The summed E-state index contributed by atoms with van der Waals surface area (Å²) in [6, 6.07) is 24.4. The molecule has 0 aliphatic heterocycles. The second kappa shape index (κ2) is 9.57. The first kappa shape index (κ1) is 20.8. The minimum Gasteiger partial charge on any atom is -0.496 e. The average Bonchev–Trinajstić information content (AvgIpc) is 3.31. The standard InChI is InChI=1S/C24H21N5O3/c1-32-20-10-6-5-9-19(20)22-27-24(29-28-22)26-21(30)15-25-23(31)18-13-11-17(12-14-18)16-7-3-2-4-8-16/h2-14H,15H2,1H3,(H,25,31)(H2,26,27,28,29,30). The van der Waals surface area contributed by atoms with Crippen molar-refractivity contribution in [2.75, 3.05) is 19.0 Å². The van der Waals surface area contributed by atoms with Crippen LogP contribution in [0.1, 0.15) is 10.4 Å². The molecule has 4 rings (SSSR count). The minimum absolute atomic E-state index is 0.109. The summed E-state index contributed by atoms with van der Waals surface area (Å²) in [5.74, 6) is 0.416. The molecule has 160 valence electrons. The summed E-state index contributed by atoms with van der Waals surface area (Å²) in [7, 11) is 1.57. The van der Waals surface area contributed by atoms with Gasteiger partial charge in [-0.25, -0.2) is 0 Å². The number of amides is 2. The van der Waals surface area contributed by atoms with Gasteiger partial charge in [0.2, 0.25) is 11.9 Å². The molecule has 8 nitrogen and oxygen atoms in total. The van der Waals surface area contributed by atoms with Crippen LogP contribution in [-0.2, 0) is 4.79 Å². The fourth-order valence-corrected chi connectivity index (χ4v) is 3.15. The Labute approximate surface area is 184 Å². The van der Waals surface area contributed by atoms with Gasteiger partial charge >= 0.3 is 0 Å². The highest BCUT2D eigenvalue weighted by Gasteiger charge is 2.13. The first-order valence-corrected chi connectivity index (χ1v) is 9.93. The van der Waals surface area contributed by atoms with Gasteiger partial charge in [0.1, 0.15) is 5.75 Å². The summed E-state index contributed by atoms with van der Waals surface area (Å²) in [6.07, 6.45) is 0. The van der Waals surface area contributed by atoms with E-state index in [0.29, 0.717) is 17.1 Å². The molecule has 0 saturated heterocycles. The second-order valence-corrected chi connectivity index (χ2v) is 6.88. The van der Waals surface area contributed by atoms with Gasteiger partial charge in [0.15, 0.2) is 5.82 Å². The van der Waals surface area contributed by atoms with Crippen molar-refractivity contribution >= 4 is 17.8 Å². The van der Waals surface area contributed by atoms with Crippen LogP contribution in [0.15, 0.2) is 78.9 Å². The van der Waals surface area contributed by atoms with E-state index in [2.05, 4.69) is 25.8 Å². The van der Waals surface area contributed by atoms with Crippen LogP contribution in [0.5, 0.6) is 5.75 Å². The van der Waals surface area contributed by atoms with Gasteiger partial charge in [0, 0.05) is 5.56 Å². The number of hydrogen-bond donors (Lipinski definition) is 3. The average molecular weight is 427 g/mol. The Bertz CT molecular complexity index is 1220. The zero-order valence-electron chi connectivity index (χ0n) is 17.3. The molecule has 0 bridgehead atoms. The molecule has 1 heterocycles. The third-order valence-electron chi connectivity index (χ3n) is 4.76. The molecule has 0 fully saturated rings. The molecule has 0 aliphatic rings. The van der Waals surface area contributed by atoms with Crippen molar-refractivity contribution in [3.05, 3.63) is 84.4 Å². The number of carbonyl (C=O) groups excluding carboxylic acids is 2. The van der Waals surface area contributed by atoms with Crippen LogP contribution in [0.25, 0.3) is 22.5 Å². The molecule has 0 aliphatic carbocycles. The molecular formula is C24H21N5O3. The molecule has 32 heavy (non-hydrogen) atoms. The predicted molar refractivity (Wildman–Crippen MR) is 121 cm³/mol. The summed E-state index contributed by atoms with van der Waals surface area (Å²) < 4.78 is 5.31. The number of aromatic amines is 1. The second-order valence-electron chi connectivity index (χ2n) is 6.88. The molecule has 1 aromatic heterocycles. The maximum absolute atomic E-state index is 12.4. The largest absolute Gasteiger partial charge is 0.496 e. The van der Waals surface area contributed by atoms with E-state index in [9.17, 15) is 9.59 Å². The summed E-state index contributed by atoms with van der Waals surface area (Å²) in [6.45, 7) is -0.211. The lowest BCUT2D eigenvalue weighted by atomic mass is 10.0. The van der Waals surface area contributed by atoms with E-state index in [1.807, 2.05) is 60.7 Å². The Morgan fingerprint density at radius 3 is 2.34 bits per heavy atom. The summed E-state index contributed by atoms with van der Waals surface area (Å²) in [5.41, 5.74) is 3.26. The van der Waals surface area contributed by atoms with Crippen molar-refractivity contribution in [2.45, 2.75) is 0 Å². The van der Waals surface area contributed by atoms with E-state index in [4.69, 9.17) is 4.74 Å². The van der Waals surface area contributed by atoms with Gasteiger partial charge in [-0.05, 0) is 35.4 Å². The number of H-pyrrole nitrogens is 1. The number of anilines is 1. The van der Waals surface area contributed by atoms with Crippen LogP contribution in [-0.4, -0.2) is 40.7 Å². The molecular weight excluding hydrogens is 406 g/mol. The van der Waals surface area contributed by atoms with Gasteiger partial charge in [0.05, 0.1) is 19.2 Å². The van der Waals surface area contributed by atoms with E-state index in [1.54, 1.807) is 25.3 Å². The van der Waals surface area contributed by atoms with Gasteiger partial charge in [-0.15, -0.1) is 5.10 Å². The van der Waals surface area contributed by atoms with Crippen molar-refractivity contribution in [3.8, 4) is 28.3 Å². The summed E-state index contributed by atoms with van der Waals surface area (Å²) in [4.78, 5) is 28.8. The fourth-order valence-electron chi connectivity index (χ4n) is 3.15. The van der Waals surface area contributed by atoms with Crippen molar-refractivity contribution in [3.63, 3.8) is 0 Å². The minimum atomic E-state index is -0.440. The van der Waals surface area contributed by atoms with E-state index in [-0.39, 0.29) is 18.4 Å². The zero-order chi connectivity index (χ0) is 22.3. The van der Waals surface area contributed by atoms with Crippen molar-refractivity contribution in [2.24, 2.45) is 0 Å². The van der Waals surface area contributed by atoms with Gasteiger partial charge in [-0.3, -0.25) is 20.0 Å². The van der Waals surface area contributed by atoms with E-state index < -0.39 is 5.91 Å². The SMILES string of the molecule is COc1ccccc1-c1nc(NC(=O)CNC(=O)c2ccc(-c3ccccc3)cc2)n[nH]1. The summed E-state index contributed by atoms with van der Waals surface area (Å²) >= 11 is 0. The lowest BCUT2D eigenvalue weighted by Gasteiger charge is -2.06. The van der Waals surface area contributed by atoms with Crippen molar-refractivity contribution in [1.29, 1.82) is 0 Å². The smallest absolute Gasteiger partial charge is 0.251 e. The van der Waals surface area contributed by atoms with E-state index in [0.717, 1.165) is 16.7 Å². The zero-order valence-corrected chi connectivity index (χ0v) is 17.3. The Morgan fingerprint density at radius 2 is 1.59 bits per heavy atom. The van der Waals surface area contributed by atoms with Gasteiger partial charge in [-0.1, -0.05) is 54.6 Å². The molecule has 8 heteroatoms. The lowest BCUT2D eigenvalue weighted by molar-refractivity contribution is -0.115. The van der Waals surface area contributed by atoms with Crippen LogP contribution in [0.2, 0.25) is 0 Å². The predicted octanol–water partition coefficient (Wildman–Crippen LogP) is 3.52. The van der Waals surface area contributed by atoms with Crippen molar-refractivity contribution < 1.29 is 14.3 Å². The summed E-state index contributed by atoms with van der Waals surface area (Å²) in [5, 5.41) is 11.9. The third kappa shape index (κ3) is 4.81. The Morgan fingerprint density at radius 1 is 0.906 bits per heavy atom. The highest BCUT2D eigenvalue weighted by atomic mass is 16.5. The van der Waals surface area contributed by atoms with Crippen LogP contribution >= 0.6 is 0 Å². The normalized spacial score (nSPS) is 10.4. The molecule has 0 atom stereocenters. The first-order chi connectivity index (χ1) is 15.6. The highest BCUT2D eigenvalue weighted by molar-refractivity contribution is 5.99. The number of methoxy groups -OCH3 is 1. The molecule has 0 saturated carbocycles. The van der Waals surface area contributed by atoms with Gasteiger partial charge in [-0.2, -0.15) is 4.98 Å². The molecule has 3 N–H and O–H groups in total. The number of ether oxygens (including phenoxy) is 1. The number of benzene rings is 3. The maximum atomic E-state index is 12.4. The van der Waals surface area contributed by atoms with E-state index >= 15 is 0 Å². The Balaban J connectivity index is 1.32. The van der Waals surface area contributed by atoms with Crippen LogP contribution in [0, 0.1) is 0 Å². The number of nitrogens with zero attached hydrogens (tertiary/aromatic N) is 2. The Kier molecular flexibility index (Phi) is 6.22. The number of rotatable bonds is 7. The number of nitrogens with one attached hydrogen (secondary N) is 3. The topological polar surface area (TPSA) is 109 Å². The number of carbonyl (C=O) groups is 2. The monoisotopic (exact) mass is 427 g/mol. The molecule has 0 unspecified atom stereocenters. The molecule has 3 aromatic carbocycles. The third-order valence-corrected chi connectivity index (χ3v) is 4.76. The lowest BCUT2D eigenvalue weighted by Crippen LogP contribution is -2.33. The van der Waals surface area contributed by atoms with E-state index in [1.165, 1.54) is 0 Å². The Hall–Kier alpha value is -4.46. The fraction of sp³-hybridized carbons (Fsp3) is 0.0833. The maximum Gasteiger partial charge on any atom is 0.251 e. The molecule has 4 aromatic rings. The van der Waals surface area contributed by atoms with Crippen molar-refractivity contribution in [1.82, 2.24) is 20.5 Å². The van der Waals surface area contributed by atoms with Crippen LogP contribution < -0.4 is 15.4 Å². The molecule has 2 amide bonds. The van der Waals surface area contributed by atoms with Crippen LogP contribution in [0.4, 0.5) is 5.95 Å². The quantitative estimate of drug-likeness (QED) is 0.418. The number of aromatic nitrogens is 3. The number of hydrogen-bond acceptors (Lipinski definition) is 5. The number of para-hydroxylation sites is 1. The first-order valence-electron chi connectivity index (χ1n) is 9.93.